The van der Waals surface area contributed by atoms with Gasteiger partial charge in [0.15, 0.2) is 11.5 Å². The molecular formula is C25H31N3O4. The maximum absolute atomic E-state index is 12.8. The van der Waals surface area contributed by atoms with E-state index in [0.717, 1.165) is 23.4 Å². The lowest BCUT2D eigenvalue weighted by molar-refractivity contribution is 0.0941. The van der Waals surface area contributed by atoms with Gasteiger partial charge in [-0.05, 0) is 58.1 Å². The molecule has 0 fully saturated rings. The Labute approximate surface area is 189 Å². The molecule has 0 saturated carbocycles. The maximum Gasteiger partial charge on any atom is 0.251 e. The van der Waals surface area contributed by atoms with E-state index in [9.17, 15) is 4.79 Å². The minimum atomic E-state index is -0.152. The second kappa shape index (κ2) is 10.8. The molecule has 3 rings (SSSR count). The first-order valence-corrected chi connectivity index (χ1v) is 10.6. The van der Waals surface area contributed by atoms with Gasteiger partial charge < -0.3 is 24.2 Å². The van der Waals surface area contributed by atoms with Gasteiger partial charge in [-0.2, -0.15) is 0 Å². The summed E-state index contributed by atoms with van der Waals surface area (Å²) in [6.45, 7) is 4.57. The molecule has 170 valence electrons. The highest BCUT2D eigenvalue weighted by atomic mass is 16.5. The largest absolute Gasteiger partial charge is 0.493 e. The van der Waals surface area contributed by atoms with Crippen LogP contribution in [-0.2, 0) is 13.0 Å². The minimum Gasteiger partial charge on any atom is -0.493 e. The molecule has 0 aliphatic rings. The molecule has 0 radical (unpaired) electrons. The molecule has 1 aromatic heterocycles. The highest BCUT2D eigenvalue weighted by Gasteiger charge is 2.17. The van der Waals surface area contributed by atoms with Gasteiger partial charge in [-0.3, -0.25) is 4.79 Å². The Balaban J connectivity index is 1.63. The molecule has 7 nitrogen and oxygen atoms in total. The molecule has 1 N–H and O–H groups in total. The van der Waals surface area contributed by atoms with E-state index in [-0.39, 0.29) is 11.9 Å². The van der Waals surface area contributed by atoms with Gasteiger partial charge in [0, 0.05) is 18.2 Å². The zero-order valence-electron chi connectivity index (χ0n) is 19.3. The van der Waals surface area contributed by atoms with Gasteiger partial charge in [-0.25, -0.2) is 0 Å². The molecular weight excluding hydrogens is 406 g/mol. The predicted molar refractivity (Wildman–Crippen MR) is 123 cm³/mol. The number of rotatable bonds is 10. The summed E-state index contributed by atoms with van der Waals surface area (Å²) in [7, 11) is 5.60. The van der Waals surface area contributed by atoms with Crippen molar-refractivity contribution in [2.75, 3.05) is 27.7 Å². The van der Waals surface area contributed by atoms with Crippen LogP contribution >= 0.6 is 0 Å². The van der Waals surface area contributed by atoms with Crippen LogP contribution in [0.1, 0.15) is 32.9 Å². The molecule has 7 heteroatoms. The number of nitrogens with zero attached hydrogens (tertiary/aromatic N) is 2. The number of benzene rings is 2. The SMILES string of the molecule is COc1cc(C(=O)NCC(Cc2ccccc2)N(C)C)ccc1OCc1c(C)noc1C. The number of aryl methyl sites for hydroxylation is 2. The Morgan fingerprint density at radius 2 is 1.88 bits per heavy atom. The predicted octanol–water partition coefficient (Wildman–Crippen LogP) is 3.78. The van der Waals surface area contributed by atoms with Crippen molar-refractivity contribution in [1.29, 1.82) is 0 Å². The quantitative estimate of drug-likeness (QED) is 0.520. The van der Waals surface area contributed by atoms with Crippen molar-refractivity contribution in [3.05, 3.63) is 76.7 Å². The van der Waals surface area contributed by atoms with Crippen LogP contribution in [0.5, 0.6) is 11.5 Å². The van der Waals surface area contributed by atoms with E-state index in [1.54, 1.807) is 25.3 Å². The monoisotopic (exact) mass is 437 g/mol. The number of carbonyl (C=O) groups is 1. The van der Waals surface area contributed by atoms with E-state index in [2.05, 4.69) is 27.5 Å². The molecule has 0 bridgehead atoms. The van der Waals surface area contributed by atoms with E-state index in [1.807, 2.05) is 46.1 Å². The fourth-order valence-corrected chi connectivity index (χ4v) is 3.42. The summed E-state index contributed by atoms with van der Waals surface area (Å²) in [6, 6.07) is 15.6. The third-order valence-electron chi connectivity index (χ3n) is 5.52. The summed E-state index contributed by atoms with van der Waals surface area (Å²) in [4.78, 5) is 14.9. The Bertz CT molecular complexity index is 1010. The average molecular weight is 438 g/mol. The van der Waals surface area contributed by atoms with Gasteiger partial charge in [-0.1, -0.05) is 35.5 Å². The molecule has 3 aromatic rings. The van der Waals surface area contributed by atoms with Gasteiger partial charge in [0.1, 0.15) is 12.4 Å². The first kappa shape index (κ1) is 23.3. The number of amides is 1. The van der Waals surface area contributed by atoms with Crippen molar-refractivity contribution in [2.45, 2.75) is 32.9 Å². The average Bonchev–Trinajstić information content (AvgIpc) is 3.12. The van der Waals surface area contributed by atoms with Gasteiger partial charge in [-0.15, -0.1) is 0 Å². The summed E-state index contributed by atoms with van der Waals surface area (Å²) in [6.07, 6.45) is 0.853. The van der Waals surface area contributed by atoms with E-state index in [4.69, 9.17) is 14.0 Å². The second-order valence-electron chi connectivity index (χ2n) is 7.97. The summed E-state index contributed by atoms with van der Waals surface area (Å²) in [5.41, 5.74) is 3.45. The van der Waals surface area contributed by atoms with Crippen molar-refractivity contribution in [3.63, 3.8) is 0 Å². The van der Waals surface area contributed by atoms with Gasteiger partial charge in [0.25, 0.3) is 5.91 Å². The van der Waals surface area contributed by atoms with Crippen LogP contribution in [0, 0.1) is 13.8 Å². The highest BCUT2D eigenvalue weighted by Crippen LogP contribution is 2.29. The molecule has 0 aliphatic heterocycles. The molecule has 0 spiro atoms. The lowest BCUT2D eigenvalue weighted by atomic mass is 10.0. The summed E-state index contributed by atoms with van der Waals surface area (Å²) >= 11 is 0. The molecule has 1 heterocycles. The number of ether oxygens (including phenoxy) is 2. The summed E-state index contributed by atoms with van der Waals surface area (Å²) in [5.74, 6) is 1.63. The molecule has 0 aliphatic carbocycles. The smallest absolute Gasteiger partial charge is 0.251 e. The van der Waals surface area contributed by atoms with Gasteiger partial charge >= 0.3 is 0 Å². The maximum atomic E-state index is 12.8. The Kier molecular flexibility index (Phi) is 7.89. The first-order chi connectivity index (χ1) is 15.4. The lowest BCUT2D eigenvalue weighted by Gasteiger charge is -2.25. The third kappa shape index (κ3) is 5.88. The Hall–Kier alpha value is -3.32. The number of nitrogens with one attached hydrogen (secondary N) is 1. The summed E-state index contributed by atoms with van der Waals surface area (Å²) in [5, 5.41) is 6.98. The Morgan fingerprint density at radius 3 is 2.50 bits per heavy atom. The van der Waals surface area contributed by atoms with Crippen LogP contribution in [0.2, 0.25) is 0 Å². The molecule has 1 amide bonds. The number of hydrogen-bond donors (Lipinski definition) is 1. The summed E-state index contributed by atoms with van der Waals surface area (Å²) < 4.78 is 16.5. The molecule has 1 atom stereocenters. The molecule has 1 unspecified atom stereocenters. The zero-order valence-corrected chi connectivity index (χ0v) is 19.3. The number of aromatic nitrogens is 1. The number of methoxy groups -OCH3 is 1. The van der Waals surface area contributed by atoms with Crippen molar-refractivity contribution in [1.82, 2.24) is 15.4 Å². The van der Waals surface area contributed by atoms with Gasteiger partial charge in [0.2, 0.25) is 0 Å². The van der Waals surface area contributed by atoms with E-state index in [0.29, 0.717) is 30.2 Å². The van der Waals surface area contributed by atoms with Crippen molar-refractivity contribution >= 4 is 5.91 Å². The van der Waals surface area contributed by atoms with Crippen LogP contribution in [0.25, 0.3) is 0 Å². The normalized spacial score (nSPS) is 11.9. The topological polar surface area (TPSA) is 76.8 Å². The zero-order chi connectivity index (χ0) is 23.1. The van der Waals surface area contributed by atoms with Crippen LogP contribution in [0.3, 0.4) is 0 Å². The molecule has 0 saturated heterocycles. The van der Waals surface area contributed by atoms with Gasteiger partial charge in [0.05, 0.1) is 18.4 Å². The van der Waals surface area contributed by atoms with Crippen LogP contribution in [0.15, 0.2) is 53.1 Å². The Morgan fingerprint density at radius 1 is 1.12 bits per heavy atom. The third-order valence-corrected chi connectivity index (χ3v) is 5.52. The fraction of sp³-hybridized carbons (Fsp3) is 0.360. The minimum absolute atomic E-state index is 0.152. The number of hydrogen-bond acceptors (Lipinski definition) is 6. The van der Waals surface area contributed by atoms with E-state index >= 15 is 0 Å². The van der Waals surface area contributed by atoms with Crippen molar-refractivity contribution in [2.24, 2.45) is 0 Å². The number of likely N-dealkylation sites (N-methyl/N-ethyl adjacent to an activating group) is 1. The van der Waals surface area contributed by atoms with Crippen LogP contribution in [0.4, 0.5) is 0 Å². The van der Waals surface area contributed by atoms with E-state index < -0.39 is 0 Å². The first-order valence-electron chi connectivity index (χ1n) is 10.6. The van der Waals surface area contributed by atoms with E-state index in [1.165, 1.54) is 5.56 Å². The molecule has 32 heavy (non-hydrogen) atoms. The lowest BCUT2D eigenvalue weighted by Crippen LogP contribution is -2.41. The molecule has 2 aromatic carbocycles. The van der Waals surface area contributed by atoms with Crippen molar-refractivity contribution < 1.29 is 18.8 Å². The standard InChI is InChI=1S/C25H31N3O4/c1-17-22(18(2)32-27-17)16-31-23-12-11-20(14-24(23)30-5)25(29)26-15-21(28(3)4)13-19-9-7-6-8-10-19/h6-12,14,21H,13,15-16H2,1-5H3,(H,26,29). The second-order valence-corrected chi connectivity index (χ2v) is 7.97. The van der Waals surface area contributed by atoms with Crippen molar-refractivity contribution in [3.8, 4) is 11.5 Å². The van der Waals surface area contributed by atoms with Crippen LogP contribution < -0.4 is 14.8 Å². The van der Waals surface area contributed by atoms with Crippen LogP contribution in [-0.4, -0.2) is 49.8 Å². The number of carbonyl (C=O) groups excluding carboxylic acids is 1. The fourth-order valence-electron chi connectivity index (χ4n) is 3.42. The highest BCUT2D eigenvalue weighted by molar-refractivity contribution is 5.94.